The van der Waals surface area contributed by atoms with Crippen LogP contribution in [0, 0.1) is 11.2 Å². The van der Waals surface area contributed by atoms with Crippen LogP contribution in [0.3, 0.4) is 0 Å². The molecule has 114 valence electrons. The van der Waals surface area contributed by atoms with Crippen LogP contribution in [0.4, 0.5) is 0 Å². The summed E-state index contributed by atoms with van der Waals surface area (Å²) in [6.07, 6.45) is 4.11. The van der Waals surface area contributed by atoms with Gasteiger partial charge >= 0.3 is 6.85 Å². The van der Waals surface area contributed by atoms with Crippen LogP contribution in [-0.2, 0) is 6.42 Å². The average Bonchev–Trinajstić information content (AvgIpc) is 2.60. The number of hydrogen-bond donors (Lipinski definition) is 0. The van der Waals surface area contributed by atoms with E-state index in [1.165, 1.54) is 5.56 Å². The summed E-state index contributed by atoms with van der Waals surface area (Å²) in [4.78, 5) is 2.27. The Labute approximate surface area is 143 Å². The van der Waals surface area contributed by atoms with E-state index in [1.807, 2.05) is 30.3 Å². The zero-order valence-electron chi connectivity index (χ0n) is 13.0. The Morgan fingerprint density at radius 3 is 2.70 bits per heavy atom. The molecule has 1 aliphatic rings. The van der Waals surface area contributed by atoms with Crippen LogP contribution in [0.2, 0.25) is 5.02 Å². The van der Waals surface area contributed by atoms with Crippen LogP contribution in [-0.4, -0.2) is 24.7 Å². The van der Waals surface area contributed by atoms with Gasteiger partial charge in [-0.05, 0) is 54.7 Å². The van der Waals surface area contributed by atoms with Crippen molar-refractivity contribution in [2.24, 2.45) is 0 Å². The molecule has 2 aromatic carbocycles. The highest BCUT2D eigenvalue weighted by Gasteiger charge is 2.31. The average molecular weight is 321 g/mol. The van der Waals surface area contributed by atoms with Crippen molar-refractivity contribution in [3.63, 3.8) is 0 Å². The van der Waals surface area contributed by atoms with Crippen molar-refractivity contribution < 1.29 is 0 Å². The highest BCUT2D eigenvalue weighted by molar-refractivity contribution is 6.83. The first kappa shape index (κ1) is 15.9. The molecule has 0 fully saturated rings. The van der Waals surface area contributed by atoms with Crippen LogP contribution in [0.5, 0.6) is 0 Å². The van der Waals surface area contributed by atoms with E-state index < -0.39 is 0 Å². The molecule has 0 unspecified atom stereocenters. The highest BCUT2D eigenvalue weighted by atomic mass is 35.5. The number of nitriles is 1. The maximum atomic E-state index is 9.69. The van der Waals surface area contributed by atoms with Crippen molar-refractivity contribution in [3.8, 4) is 5.97 Å². The lowest BCUT2D eigenvalue weighted by Crippen LogP contribution is -2.44. The molecule has 0 amide bonds. The molecule has 1 aliphatic heterocycles. The summed E-state index contributed by atoms with van der Waals surface area (Å²) in [5.41, 5.74) is 3.44. The second-order valence-electron chi connectivity index (χ2n) is 5.76. The lowest BCUT2D eigenvalue weighted by Gasteiger charge is -2.30. The van der Waals surface area contributed by atoms with Crippen molar-refractivity contribution in [2.75, 3.05) is 13.1 Å². The van der Waals surface area contributed by atoms with Gasteiger partial charge in [-0.1, -0.05) is 60.1 Å². The minimum absolute atomic E-state index is 0.203. The summed E-state index contributed by atoms with van der Waals surface area (Å²) in [5.74, 6) is 2.47. The molecular formula is C19H18BClN2. The van der Waals surface area contributed by atoms with E-state index in [9.17, 15) is 5.26 Å². The molecule has 0 saturated heterocycles. The topological polar surface area (TPSA) is 27.0 Å². The van der Waals surface area contributed by atoms with E-state index in [-0.39, 0.29) is 6.85 Å². The van der Waals surface area contributed by atoms with E-state index >= 15 is 0 Å². The Morgan fingerprint density at radius 2 is 1.96 bits per heavy atom. The van der Waals surface area contributed by atoms with E-state index in [1.54, 1.807) is 0 Å². The second-order valence-corrected chi connectivity index (χ2v) is 6.20. The lowest BCUT2D eigenvalue weighted by molar-refractivity contribution is 0.448. The lowest BCUT2D eigenvalue weighted by atomic mass is 9.51. The molecule has 0 saturated carbocycles. The summed E-state index contributed by atoms with van der Waals surface area (Å²) >= 11 is 6.11. The van der Waals surface area contributed by atoms with Crippen LogP contribution < -0.4 is 0 Å². The predicted molar refractivity (Wildman–Crippen MR) is 97.1 cm³/mol. The molecule has 2 aromatic rings. The minimum atomic E-state index is -0.203. The molecule has 0 radical (unpaired) electrons. The molecule has 0 aromatic heterocycles. The molecule has 1 heterocycles. The van der Waals surface area contributed by atoms with E-state index in [4.69, 9.17) is 11.6 Å². The van der Waals surface area contributed by atoms with Crippen molar-refractivity contribution >= 4 is 23.9 Å². The zero-order valence-corrected chi connectivity index (χ0v) is 13.7. The maximum Gasteiger partial charge on any atom is 0.381 e. The van der Waals surface area contributed by atoms with Gasteiger partial charge in [0.1, 0.15) is 0 Å². The van der Waals surface area contributed by atoms with Gasteiger partial charge in [0, 0.05) is 11.0 Å². The molecule has 23 heavy (non-hydrogen) atoms. The van der Waals surface area contributed by atoms with Gasteiger partial charge in [0.05, 0.1) is 0 Å². The van der Waals surface area contributed by atoms with Gasteiger partial charge in [0.2, 0.25) is 0 Å². The second kappa shape index (κ2) is 7.50. The SMILES string of the molecule is N#CB1C(c2cccc(Cl)c2)=CCCN1CCc1ccccc1. The Hall–Kier alpha value is -2.02. The Morgan fingerprint density at radius 1 is 1.13 bits per heavy atom. The van der Waals surface area contributed by atoms with Gasteiger partial charge < -0.3 is 4.81 Å². The molecule has 0 spiro atoms. The van der Waals surface area contributed by atoms with Gasteiger partial charge in [-0.15, -0.1) is 0 Å². The van der Waals surface area contributed by atoms with E-state index in [2.05, 4.69) is 41.1 Å². The fraction of sp³-hybridized carbons (Fsp3) is 0.211. The van der Waals surface area contributed by atoms with Crippen LogP contribution in [0.15, 0.2) is 60.7 Å². The quantitative estimate of drug-likeness (QED) is 0.787. The summed E-state index contributed by atoms with van der Waals surface area (Å²) in [7, 11) is 0. The van der Waals surface area contributed by atoms with Gasteiger partial charge in [-0.25, -0.2) is 5.26 Å². The van der Waals surface area contributed by atoms with E-state index in [0.29, 0.717) is 5.02 Å². The van der Waals surface area contributed by atoms with Gasteiger partial charge in [-0.2, -0.15) is 0 Å². The summed E-state index contributed by atoms with van der Waals surface area (Å²) in [6, 6.07) is 18.2. The smallest absolute Gasteiger partial charge is 0.325 e. The number of hydrogen-bond acceptors (Lipinski definition) is 2. The van der Waals surface area contributed by atoms with Crippen LogP contribution in [0.25, 0.3) is 5.47 Å². The van der Waals surface area contributed by atoms with Crippen LogP contribution in [0.1, 0.15) is 17.5 Å². The van der Waals surface area contributed by atoms with Crippen molar-refractivity contribution in [1.29, 1.82) is 5.26 Å². The van der Waals surface area contributed by atoms with E-state index in [0.717, 1.165) is 37.0 Å². The zero-order chi connectivity index (χ0) is 16.1. The number of benzene rings is 2. The van der Waals surface area contributed by atoms with Gasteiger partial charge in [0.25, 0.3) is 0 Å². The monoisotopic (exact) mass is 320 g/mol. The molecule has 0 bridgehead atoms. The maximum absolute atomic E-state index is 9.69. The molecule has 0 aliphatic carbocycles. The summed E-state index contributed by atoms with van der Waals surface area (Å²) in [6.45, 7) is 1.61. The Kier molecular flexibility index (Phi) is 5.18. The fourth-order valence-corrected chi connectivity index (χ4v) is 3.27. The Balaban J connectivity index is 1.76. The first-order valence-electron chi connectivity index (χ1n) is 7.91. The number of nitrogens with zero attached hydrogens (tertiary/aromatic N) is 2. The highest BCUT2D eigenvalue weighted by Crippen LogP contribution is 2.26. The number of halogens is 1. The third-order valence-corrected chi connectivity index (χ3v) is 4.49. The minimum Gasteiger partial charge on any atom is -0.325 e. The molecular weight excluding hydrogens is 302 g/mol. The Bertz CT molecular complexity index is 737. The third-order valence-electron chi connectivity index (χ3n) is 4.25. The first-order chi connectivity index (χ1) is 11.3. The summed E-state index contributed by atoms with van der Waals surface area (Å²) < 4.78 is 0. The summed E-state index contributed by atoms with van der Waals surface area (Å²) in [5, 5.41) is 10.4. The standard InChI is InChI=1S/C19H18BClN2/c21-18-9-4-8-17(14-18)19-10-5-12-23(20(19)15-22)13-11-16-6-2-1-3-7-16/h1-4,6-10,14H,5,11-13H2. The van der Waals surface area contributed by atoms with Crippen molar-refractivity contribution in [1.82, 2.24) is 4.81 Å². The predicted octanol–water partition coefficient (Wildman–Crippen LogP) is 4.27. The largest absolute Gasteiger partial charge is 0.381 e. The molecule has 0 N–H and O–H groups in total. The normalized spacial score (nSPS) is 15.1. The third kappa shape index (κ3) is 3.85. The molecule has 2 nitrogen and oxygen atoms in total. The van der Waals surface area contributed by atoms with Gasteiger partial charge in [0.15, 0.2) is 0 Å². The van der Waals surface area contributed by atoms with Gasteiger partial charge in [-0.3, -0.25) is 0 Å². The molecule has 0 atom stereocenters. The number of rotatable bonds is 4. The van der Waals surface area contributed by atoms with Crippen molar-refractivity contribution in [3.05, 3.63) is 76.8 Å². The fourth-order valence-electron chi connectivity index (χ4n) is 3.08. The van der Waals surface area contributed by atoms with Crippen molar-refractivity contribution in [2.45, 2.75) is 12.8 Å². The van der Waals surface area contributed by atoms with Crippen LogP contribution >= 0.6 is 11.6 Å². The molecule has 3 rings (SSSR count). The molecule has 4 heteroatoms. The first-order valence-corrected chi connectivity index (χ1v) is 8.29.